The molecule has 0 radical (unpaired) electrons. The third-order valence-corrected chi connectivity index (χ3v) is 5.60. The standard InChI is InChI=1S/C23H17F4IO2/c24-19-8-15(5-6-18(19)16-9-20(25)23(27)21(26)10-16)14-3-1-13(2-4-14)7-22-29-11-17(28)12-30-22/h1-6,8-10,17,22H,7,11-12H2. The Hall–Kier alpha value is -1.97. The van der Waals surface area contributed by atoms with E-state index in [-0.39, 0.29) is 17.4 Å². The molecule has 4 rings (SSSR count). The maximum atomic E-state index is 14.6. The van der Waals surface area contributed by atoms with Crippen molar-refractivity contribution in [1.82, 2.24) is 0 Å². The second-order valence-electron chi connectivity index (χ2n) is 7.04. The molecule has 0 unspecified atom stereocenters. The van der Waals surface area contributed by atoms with Crippen LogP contribution in [0.3, 0.4) is 0 Å². The van der Waals surface area contributed by atoms with Crippen molar-refractivity contribution in [3.63, 3.8) is 0 Å². The quantitative estimate of drug-likeness (QED) is 0.172. The zero-order valence-electron chi connectivity index (χ0n) is 15.7. The van der Waals surface area contributed by atoms with Gasteiger partial charge in [0, 0.05) is 12.0 Å². The van der Waals surface area contributed by atoms with Gasteiger partial charge in [0.05, 0.1) is 17.1 Å². The molecule has 156 valence electrons. The highest BCUT2D eigenvalue weighted by atomic mass is 127. The number of hydrogen-bond acceptors (Lipinski definition) is 2. The maximum Gasteiger partial charge on any atom is 0.194 e. The second-order valence-corrected chi connectivity index (χ2v) is 8.80. The van der Waals surface area contributed by atoms with Crippen LogP contribution in [0.4, 0.5) is 17.6 Å². The molecular weight excluding hydrogens is 511 g/mol. The summed E-state index contributed by atoms with van der Waals surface area (Å²) in [4.78, 5) is 0. The third-order valence-electron chi connectivity index (χ3n) is 4.88. The summed E-state index contributed by atoms with van der Waals surface area (Å²) in [5, 5.41) is 0. The summed E-state index contributed by atoms with van der Waals surface area (Å²) in [6.07, 6.45) is 0.355. The fourth-order valence-electron chi connectivity index (χ4n) is 3.30. The highest BCUT2D eigenvalue weighted by Crippen LogP contribution is 2.30. The molecule has 7 heteroatoms. The maximum absolute atomic E-state index is 14.6. The highest BCUT2D eigenvalue weighted by molar-refractivity contribution is 14.1. The topological polar surface area (TPSA) is 18.5 Å². The molecule has 0 atom stereocenters. The van der Waals surface area contributed by atoms with E-state index in [0.717, 1.165) is 23.3 Å². The van der Waals surface area contributed by atoms with Crippen molar-refractivity contribution in [1.29, 1.82) is 0 Å². The molecule has 0 aliphatic carbocycles. The Morgan fingerprint density at radius 1 is 0.733 bits per heavy atom. The van der Waals surface area contributed by atoms with Crippen LogP contribution in [0, 0.1) is 23.3 Å². The summed E-state index contributed by atoms with van der Waals surface area (Å²) in [6, 6.07) is 13.5. The lowest BCUT2D eigenvalue weighted by molar-refractivity contribution is -0.171. The third kappa shape index (κ3) is 4.68. The number of benzene rings is 3. The van der Waals surface area contributed by atoms with Gasteiger partial charge in [0.15, 0.2) is 23.7 Å². The number of rotatable bonds is 4. The molecule has 0 amide bonds. The molecule has 1 heterocycles. The zero-order valence-corrected chi connectivity index (χ0v) is 17.8. The first-order chi connectivity index (χ1) is 14.4. The predicted octanol–water partition coefficient (Wildman–Crippen LogP) is 6.30. The van der Waals surface area contributed by atoms with Crippen molar-refractivity contribution in [3.8, 4) is 22.3 Å². The van der Waals surface area contributed by atoms with Gasteiger partial charge < -0.3 is 9.47 Å². The van der Waals surface area contributed by atoms with Crippen molar-refractivity contribution >= 4 is 22.6 Å². The predicted molar refractivity (Wildman–Crippen MR) is 114 cm³/mol. The molecule has 0 spiro atoms. The monoisotopic (exact) mass is 528 g/mol. The van der Waals surface area contributed by atoms with Gasteiger partial charge in [-0.2, -0.15) is 0 Å². The molecule has 2 nitrogen and oxygen atoms in total. The minimum atomic E-state index is -1.57. The zero-order chi connectivity index (χ0) is 21.3. The van der Waals surface area contributed by atoms with E-state index in [0.29, 0.717) is 29.1 Å². The van der Waals surface area contributed by atoms with E-state index >= 15 is 0 Å². The van der Waals surface area contributed by atoms with Gasteiger partial charge in [0.1, 0.15) is 5.82 Å². The molecule has 1 aliphatic heterocycles. The first-order valence-corrected chi connectivity index (χ1v) is 10.6. The van der Waals surface area contributed by atoms with Gasteiger partial charge in [0.2, 0.25) is 0 Å². The lowest BCUT2D eigenvalue weighted by Crippen LogP contribution is -2.33. The van der Waals surface area contributed by atoms with E-state index in [1.807, 2.05) is 24.3 Å². The Balaban J connectivity index is 1.51. The van der Waals surface area contributed by atoms with Crippen LogP contribution in [0.2, 0.25) is 0 Å². The van der Waals surface area contributed by atoms with Gasteiger partial charge in [-0.15, -0.1) is 0 Å². The molecule has 0 aromatic heterocycles. The molecule has 1 saturated heterocycles. The van der Waals surface area contributed by atoms with Gasteiger partial charge in [0.25, 0.3) is 0 Å². The molecule has 30 heavy (non-hydrogen) atoms. The van der Waals surface area contributed by atoms with Crippen LogP contribution in [0.1, 0.15) is 5.56 Å². The fraction of sp³-hybridized carbons (Fsp3) is 0.217. The van der Waals surface area contributed by atoms with E-state index in [1.54, 1.807) is 6.07 Å². The SMILES string of the molecule is Fc1cc(-c2ccc(CC3OCC(I)CO3)cc2)ccc1-c1cc(F)c(F)c(F)c1. The number of hydrogen-bond donors (Lipinski definition) is 0. The molecule has 0 bridgehead atoms. The molecular formula is C23H17F4IO2. The van der Waals surface area contributed by atoms with E-state index in [2.05, 4.69) is 22.6 Å². The average molecular weight is 528 g/mol. The lowest BCUT2D eigenvalue weighted by Gasteiger charge is -2.26. The van der Waals surface area contributed by atoms with E-state index in [9.17, 15) is 17.6 Å². The van der Waals surface area contributed by atoms with Crippen LogP contribution in [0.15, 0.2) is 54.6 Å². The number of halogens is 5. The van der Waals surface area contributed by atoms with Crippen molar-refractivity contribution < 1.29 is 27.0 Å². The second kappa shape index (κ2) is 9.03. The summed E-state index contributed by atoms with van der Waals surface area (Å²) in [7, 11) is 0. The molecule has 1 fully saturated rings. The Morgan fingerprint density at radius 2 is 1.30 bits per heavy atom. The van der Waals surface area contributed by atoms with Crippen molar-refractivity contribution in [3.05, 3.63) is 83.4 Å². The Morgan fingerprint density at radius 3 is 1.90 bits per heavy atom. The lowest BCUT2D eigenvalue weighted by atomic mass is 9.98. The van der Waals surface area contributed by atoms with E-state index < -0.39 is 23.3 Å². The number of alkyl halides is 1. The van der Waals surface area contributed by atoms with Crippen LogP contribution in [-0.2, 0) is 15.9 Å². The van der Waals surface area contributed by atoms with E-state index in [4.69, 9.17) is 9.47 Å². The van der Waals surface area contributed by atoms with Crippen LogP contribution >= 0.6 is 22.6 Å². The molecule has 3 aromatic rings. The van der Waals surface area contributed by atoms with Crippen molar-refractivity contribution in [2.75, 3.05) is 13.2 Å². The summed E-state index contributed by atoms with van der Waals surface area (Å²) in [5.41, 5.74) is 2.37. The van der Waals surface area contributed by atoms with Crippen molar-refractivity contribution in [2.24, 2.45) is 0 Å². The van der Waals surface area contributed by atoms with Crippen LogP contribution < -0.4 is 0 Å². The first-order valence-electron chi connectivity index (χ1n) is 9.32. The summed E-state index contributed by atoms with van der Waals surface area (Å²) >= 11 is 2.29. The number of ether oxygens (including phenoxy) is 2. The normalized spacial score (nSPS) is 19.1. The van der Waals surface area contributed by atoms with Gasteiger partial charge in [-0.1, -0.05) is 59.0 Å². The molecule has 0 saturated carbocycles. The largest absolute Gasteiger partial charge is 0.351 e. The summed E-state index contributed by atoms with van der Waals surface area (Å²) in [5.74, 6) is -4.94. The molecule has 0 N–H and O–H groups in total. The minimum absolute atomic E-state index is 0.00617. The van der Waals surface area contributed by atoms with Gasteiger partial charge in [-0.05, 0) is 40.5 Å². The minimum Gasteiger partial charge on any atom is -0.351 e. The smallest absolute Gasteiger partial charge is 0.194 e. The van der Waals surface area contributed by atoms with Crippen LogP contribution in [0.5, 0.6) is 0 Å². The van der Waals surface area contributed by atoms with Gasteiger partial charge in [-0.25, -0.2) is 17.6 Å². The average Bonchev–Trinajstić information content (AvgIpc) is 2.74. The first kappa shape index (κ1) is 21.3. The molecule has 3 aromatic carbocycles. The van der Waals surface area contributed by atoms with Crippen LogP contribution in [0.25, 0.3) is 22.3 Å². The fourth-order valence-corrected chi connectivity index (χ4v) is 3.72. The summed E-state index contributed by atoms with van der Waals surface area (Å²) in [6.45, 7) is 1.33. The Bertz CT molecular complexity index is 1020. The van der Waals surface area contributed by atoms with Gasteiger partial charge >= 0.3 is 0 Å². The highest BCUT2D eigenvalue weighted by Gasteiger charge is 2.20. The van der Waals surface area contributed by atoms with Crippen LogP contribution in [-0.4, -0.2) is 23.4 Å². The van der Waals surface area contributed by atoms with Gasteiger partial charge in [-0.3, -0.25) is 0 Å². The van der Waals surface area contributed by atoms with Crippen molar-refractivity contribution in [2.45, 2.75) is 16.6 Å². The Labute approximate surface area is 185 Å². The molecule has 1 aliphatic rings. The van der Waals surface area contributed by atoms with E-state index in [1.165, 1.54) is 12.1 Å². The Kier molecular flexibility index (Phi) is 6.40. The summed E-state index contributed by atoms with van der Waals surface area (Å²) < 4.78 is 66.4.